The van der Waals surface area contributed by atoms with Gasteiger partial charge in [-0.15, -0.1) is 11.8 Å². The lowest BCUT2D eigenvalue weighted by atomic mass is 10.1. The van der Waals surface area contributed by atoms with Gasteiger partial charge in [0.05, 0.1) is 0 Å². The van der Waals surface area contributed by atoms with E-state index in [1.807, 2.05) is 0 Å². The predicted molar refractivity (Wildman–Crippen MR) is 109 cm³/mol. The Balaban J connectivity index is 1.75. The summed E-state index contributed by atoms with van der Waals surface area (Å²) in [6.07, 6.45) is 2.35. The van der Waals surface area contributed by atoms with Crippen molar-refractivity contribution in [2.45, 2.75) is 11.1 Å². The molecule has 3 aromatic rings. The lowest BCUT2D eigenvalue weighted by Gasteiger charge is -2.33. The van der Waals surface area contributed by atoms with Gasteiger partial charge in [-0.3, -0.25) is 0 Å². The molecule has 3 heteroatoms. The van der Waals surface area contributed by atoms with Crippen molar-refractivity contribution in [1.29, 1.82) is 0 Å². The minimum absolute atomic E-state index is 0.223. The minimum atomic E-state index is 0.223. The second-order valence-electron chi connectivity index (χ2n) is 6.20. The van der Waals surface area contributed by atoms with Crippen molar-refractivity contribution in [3.05, 3.63) is 90.5 Å². The fourth-order valence-corrected chi connectivity index (χ4v) is 3.95. The van der Waals surface area contributed by atoms with Crippen LogP contribution < -0.4 is 9.80 Å². The summed E-state index contributed by atoms with van der Waals surface area (Å²) in [5.41, 5.74) is 3.89. The maximum absolute atomic E-state index is 2.50. The summed E-state index contributed by atoms with van der Waals surface area (Å²) in [4.78, 5) is 6.31. The molecule has 3 aromatic carbocycles. The molecule has 1 fully saturated rings. The SMILES string of the molecule is CSc1ccc(C2N(c3ccccc3)CCN2c2ccccc2)cc1. The summed E-state index contributed by atoms with van der Waals surface area (Å²) in [6, 6.07) is 30.5. The molecular weight excluding hydrogens is 324 g/mol. The Morgan fingerprint density at radius 1 is 0.680 bits per heavy atom. The van der Waals surface area contributed by atoms with Gasteiger partial charge in [0.2, 0.25) is 0 Å². The van der Waals surface area contributed by atoms with E-state index in [2.05, 4.69) is 101 Å². The molecule has 25 heavy (non-hydrogen) atoms. The summed E-state index contributed by atoms with van der Waals surface area (Å²) >= 11 is 1.79. The number of hydrogen-bond acceptors (Lipinski definition) is 3. The predicted octanol–water partition coefficient (Wildman–Crippen LogP) is 5.43. The van der Waals surface area contributed by atoms with Gasteiger partial charge in [-0.05, 0) is 48.2 Å². The first-order valence-electron chi connectivity index (χ1n) is 8.64. The zero-order chi connectivity index (χ0) is 17.1. The molecule has 1 aliphatic heterocycles. The fourth-order valence-electron chi connectivity index (χ4n) is 3.54. The van der Waals surface area contributed by atoms with Crippen LogP contribution in [-0.2, 0) is 0 Å². The molecule has 1 saturated heterocycles. The van der Waals surface area contributed by atoms with Crippen LogP contribution in [0.1, 0.15) is 11.7 Å². The fraction of sp³-hybridized carbons (Fsp3) is 0.182. The third-order valence-electron chi connectivity index (χ3n) is 4.76. The second-order valence-corrected chi connectivity index (χ2v) is 7.08. The molecule has 2 nitrogen and oxygen atoms in total. The first-order valence-corrected chi connectivity index (χ1v) is 9.86. The van der Waals surface area contributed by atoms with Crippen molar-refractivity contribution in [3.63, 3.8) is 0 Å². The van der Waals surface area contributed by atoms with Gasteiger partial charge in [0.1, 0.15) is 6.17 Å². The molecule has 1 heterocycles. The van der Waals surface area contributed by atoms with E-state index in [9.17, 15) is 0 Å². The van der Waals surface area contributed by atoms with Gasteiger partial charge in [0.15, 0.2) is 0 Å². The topological polar surface area (TPSA) is 6.48 Å². The van der Waals surface area contributed by atoms with Crippen LogP contribution in [0.2, 0.25) is 0 Å². The van der Waals surface area contributed by atoms with E-state index in [1.54, 1.807) is 11.8 Å². The van der Waals surface area contributed by atoms with E-state index in [4.69, 9.17) is 0 Å². The maximum Gasteiger partial charge on any atom is 0.128 e. The highest BCUT2D eigenvalue weighted by atomic mass is 32.2. The summed E-state index contributed by atoms with van der Waals surface area (Å²) in [7, 11) is 0. The van der Waals surface area contributed by atoms with Gasteiger partial charge in [0, 0.05) is 29.4 Å². The van der Waals surface area contributed by atoms with E-state index in [1.165, 1.54) is 21.8 Å². The van der Waals surface area contributed by atoms with E-state index >= 15 is 0 Å². The van der Waals surface area contributed by atoms with Crippen molar-refractivity contribution < 1.29 is 0 Å². The summed E-state index contributed by atoms with van der Waals surface area (Å²) in [6.45, 7) is 2.04. The number of anilines is 2. The Bertz CT molecular complexity index is 755. The van der Waals surface area contributed by atoms with E-state index in [0.29, 0.717) is 0 Å². The summed E-state index contributed by atoms with van der Waals surface area (Å²) in [5.74, 6) is 0. The average molecular weight is 346 g/mol. The van der Waals surface area contributed by atoms with Gasteiger partial charge in [0.25, 0.3) is 0 Å². The van der Waals surface area contributed by atoms with Crippen LogP contribution in [0.15, 0.2) is 89.8 Å². The Kier molecular flexibility index (Phi) is 4.66. The largest absolute Gasteiger partial charge is 0.346 e. The van der Waals surface area contributed by atoms with Crippen LogP contribution in [0.4, 0.5) is 11.4 Å². The van der Waals surface area contributed by atoms with Gasteiger partial charge in [-0.2, -0.15) is 0 Å². The highest BCUT2D eigenvalue weighted by molar-refractivity contribution is 7.98. The molecular formula is C22H22N2S. The highest BCUT2D eigenvalue weighted by Gasteiger charge is 2.33. The molecule has 0 aliphatic carbocycles. The van der Waals surface area contributed by atoms with Crippen LogP contribution in [0.3, 0.4) is 0 Å². The van der Waals surface area contributed by atoms with Gasteiger partial charge < -0.3 is 9.80 Å². The van der Waals surface area contributed by atoms with Crippen molar-refractivity contribution >= 4 is 23.1 Å². The first-order chi connectivity index (χ1) is 12.4. The third kappa shape index (κ3) is 3.24. The van der Waals surface area contributed by atoms with Crippen molar-refractivity contribution in [2.24, 2.45) is 0 Å². The zero-order valence-corrected chi connectivity index (χ0v) is 15.2. The standard InChI is InChI=1S/C22H22N2S/c1-25-21-14-12-18(13-15-21)22-23(19-8-4-2-5-9-19)16-17-24(22)20-10-6-3-7-11-20/h2-15,22H,16-17H2,1H3. The van der Waals surface area contributed by atoms with Crippen molar-refractivity contribution in [2.75, 3.05) is 29.1 Å². The van der Waals surface area contributed by atoms with Crippen LogP contribution in [-0.4, -0.2) is 19.3 Å². The van der Waals surface area contributed by atoms with E-state index in [0.717, 1.165) is 13.1 Å². The average Bonchev–Trinajstić information content (AvgIpc) is 3.14. The number of rotatable bonds is 4. The number of para-hydroxylation sites is 2. The first kappa shape index (κ1) is 16.1. The molecule has 0 unspecified atom stereocenters. The molecule has 0 atom stereocenters. The number of hydrogen-bond donors (Lipinski definition) is 0. The molecule has 0 spiro atoms. The minimum Gasteiger partial charge on any atom is -0.346 e. The summed E-state index contributed by atoms with van der Waals surface area (Å²) < 4.78 is 0. The van der Waals surface area contributed by atoms with Gasteiger partial charge in [-0.25, -0.2) is 0 Å². The van der Waals surface area contributed by atoms with Crippen molar-refractivity contribution in [3.8, 4) is 0 Å². The molecule has 0 radical (unpaired) electrons. The Morgan fingerprint density at radius 3 is 1.60 bits per heavy atom. The monoisotopic (exact) mass is 346 g/mol. The molecule has 4 rings (SSSR count). The second kappa shape index (κ2) is 7.24. The molecule has 126 valence electrons. The Hall–Kier alpha value is -2.39. The van der Waals surface area contributed by atoms with Crippen LogP contribution >= 0.6 is 11.8 Å². The molecule has 0 N–H and O–H groups in total. The van der Waals surface area contributed by atoms with Gasteiger partial charge in [-0.1, -0.05) is 48.5 Å². The highest BCUT2D eigenvalue weighted by Crippen LogP contribution is 2.37. The zero-order valence-electron chi connectivity index (χ0n) is 14.4. The Morgan fingerprint density at radius 2 is 1.16 bits per heavy atom. The Labute approximate surface area is 154 Å². The van der Waals surface area contributed by atoms with Crippen LogP contribution in [0.5, 0.6) is 0 Å². The number of benzene rings is 3. The molecule has 0 bridgehead atoms. The molecule has 0 aromatic heterocycles. The molecule has 0 saturated carbocycles. The van der Waals surface area contributed by atoms with Crippen LogP contribution in [0.25, 0.3) is 0 Å². The number of thioether (sulfide) groups is 1. The lowest BCUT2D eigenvalue weighted by molar-refractivity contribution is 0.717. The summed E-state index contributed by atoms with van der Waals surface area (Å²) in [5, 5.41) is 0. The van der Waals surface area contributed by atoms with E-state index < -0.39 is 0 Å². The van der Waals surface area contributed by atoms with Gasteiger partial charge >= 0.3 is 0 Å². The number of nitrogens with zero attached hydrogens (tertiary/aromatic N) is 2. The smallest absolute Gasteiger partial charge is 0.128 e. The van der Waals surface area contributed by atoms with Crippen LogP contribution in [0, 0.1) is 0 Å². The maximum atomic E-state index is 2.50. The van der Waals surface area contributed by atoms with Crippen molar-refractivity contribution in [1.82, 2.24) is 0 Å². The molecule has 1 aliphatic rings. The normalized spacial score (nSPS) is 14.9. The van der Waals surface area contributed by atoms with E-state index in [-0.39, 0.29) is 6.17 Å². The lowest BCUT2D eigenvalue weighted by Crippen LogP contribution is -2.30. The third-order valence-corrected chi connectivity index (χ3v) is 5.51. The molecule has 0 amide bonds. The quantitative estimate of drug-likeness (QED) is 0.581.